The summed E-state index contributed by atoms with van der Waals surface area (Å²) in [5, 5.41) is 0.424. The number of nitrogen functional groups attached to an aromatic ring is 1. The second kappa shape index (κ2) is 4.34. The molecular weight excluding hydrogens is 224 g/mol. The molecule has 3 nitrogen and oxygen atoms in total. The minimum Gasteiger partial charge on any atom is -0.399 e. The highest BCUT2D eigenvalue weighted by Gasteiger charge is 2.25. The molecule has 0 atom stereocenters. The molecule has 0 aliphatic heterocycles. The van der Waals surface area contributed by atoms with Gasteiger partial charge in [-0.1, -0.05) is 11.6 Å². The zero-order valence-corrected chi connectivity index (χ0v) is 10.00. The van der Waals surface area contributed by atoms with Gasteiger partial charge in [-0.25, -0.2) is 0 Å². The van der Waals surface area contributed by atoms with Crippen LogP contribution < -0.4 is 5.73 Å². The van der Waals surface area contributed by atoms with Crippen LogP contribution in [0.25, 0.3) is 0 Å². The quantitative estimate of drug-likeness (QED) is 0.822. The SMILES string of the molecule is CN(CC1CC1)C(=O)c1ccc(N)cc1Cl. The maximum Gasteiger partial charge on any atom is 0.255 e. The van der Waals surface area contributed by atoms with Crippen LogP contribution in [-0.2, 0) is 0 Å². The van der Waals surface area contributed by atoms with Gasteiger partial charge in [-0.3, -0.25) is 4.79 Å². The second-order valence-electron chi connectivity index (χ2n) is 4.37. The van der Waals surface area contributed by atoms with Crippen LogP contribution in [0.3, 0.4) is 0 Å². The molecule has 0 heterocycles. The zero-order valence-electron chi connectivity index (χ0n) is 9.24. The summed E-state index contributed by atoms with van der Waals surface area (Å²) in [6.07, 6.45) is 2.46. The molecular formula is C12H15ClN2O. The Balaban J connectivity index is 2.12. The standard InChI is InChI=1S/C12H15ClN2O/c1-15(7-8-2-3-8)12(16)10-5-4-9(14)6-11(10)13/h4-6,8H,2-3,7,14H2,1H3. The molecule has 1 aliphatic rings. The number of hydrogen-bond acceptors (Lipinski definition) is 2. The van der Waals surface area contributed by atoms with Gasteiger partial charge in [0.15, 0.2) is 0 Å². The zero-order chi connectivity index (χ0) is 11.7. The fraction of sp³-hybridized carbons (Fsp3) is 0.417. The average Bonchev–Trinajstić information content (AvgIpc) is 3.00. The van der Waals surface area contributed by atoms with Gasteiger partial charge in [-0.2, -0.15) is 0 Å². The highest BCUT2D eigenvalue weighted by atomic mass is 35.5. The lowest BCUT2D eigenvalue weighted by Crippen LogP contribution is -2.28. The molecule has 1 fully saturated rings. The van der Waals surface area contributed by atoms with Crippen LogP contribution >= 0.6 is 11.6 Å². The molecule has 1 aliphatic carbocycles. The summed E-state index contributed by atoms with van der Waals surface area (Å²) in [6.45, 7) is 0.819. The number of hydrogen-bond donors (Lipinski definition) is 1. The maximum absolute atomic E-state index is 12.0. The van der Waals surface area contributed by atoms with Crippen LogP contribution in [-0.4, -0.2) is 24.4 Å². The topological polar surface area (TPSA) is 46.3 Å². The Morgan fingerprint density at radius 2 is 2.25 bits per heavy atom. The minimum absolute atomic E-state index is 0.0306. The van der Waals surface area contributed by atoms with E-state index < -0.39 is 0 Å². The molecule has 2 rings (SSSR count). The van der Waals surface area contributed by atoms with Crippen LogP contribution in [0.1, 0.15) is 23.2 Å². The first-order chi connectivity index (χ1) is 7.58. The molecule has 1 aromatic rings. The van der Waals surface area contributed by atoms with E-state index in [9.17, 15) is 4.79 Å². The lowest BCUT2D eigenvalue weighted by molar-refractivity contribution is 0.0789. The van der Waals surface area contributed by atoms with E-state index in [0.717, 1.165) is 6.54 Å². The second-order valence-corrected chi connectivity index (χ2v) is 4.78. The van der Waals surface area contributed by atoms with Crippen molar-refractivity contribution in [1.82, 2.24) is 4.90 Å². The van der Waals surface area contributed by atoms with Gasteiger partial charge in [0, 0.05) is 19.3 Å². The Labute approximate surface area is 100 Å². The third-order valence-electron chi connectivity index (χ3n) is 2.80. The van der Waals surface area contributed by atoms with E-state index in [0.29, 0.717) is 22.2 Å². The molecule has 0 spiro atoms. The summed E-state index contributed by atoms with van der Waals surface area (Å²) in [5.74, 6) is 0.651. The van der Waals surface area contributed by atoms with Gasteiger partial charge in [0.25, 0.3) is 5.91 Å². The summed E-state index contributed by atoms with van der Waals surface area (Å²) in [5.41, 5.74) is 6.69. The van der Waals surface area contributed by atoms with Crippen LogP contribution in [0.15, 0.2) is 18.2 Å². The van der Waals surface area contributed by atoms with Gasteiger partial charge in [0.1, 0.15) is 0 Å². The fourth-order valence-electron chi connectivity index (χ4n) is 1.68. The first kappa shape index (κ1) is 11.3. The van der Waals surface area contributed by atoms with Gasteiger partial charge in [0.2, 0.25) is 0 Å². The van der Waals surface area contributed by atoms with E-state index in [4.69, 9.17) is 17.3 Å². The first-order valence-corrected chi connectivity index (χ1v) is 5.76. The molecule has 4 heteroatoms. The van der Waals surface area contributed by atoms with Gasteiger partial charge in [-0.05, 0) is 37.0 Å². The number of nitrogens with zero attached hydrogens (tertiary/aromatic N) is 1. The molecule has 86 valence electrons. The summed E-state index contributed by atoms with van der Waals surface area (Å²) >= 11 is 5.99. The van der Waals surface area contributed by atoms with Gasteiger partial charge >= 0.3 is 0 Å². The fourth-order valence-corrected chi connectivity index (χ4v) is 1.95. The van der Waals surface area contributed by atoms with Gasteiger partial charge in [0.05, 0.1) is 10.6 Å². The number of halogens is 1. The number of nitrogens with two attached hydrogens (primary N) is 1. The monoisotopic (exact) mass is 238 g/mol. The van der Waals surface area contributed by atoms with Crippen LogP contribution in [0.4, 0.5) is 5.69 Å². The Kier molecular flexibility index (Phi) is 3.06. The summed E-state index contributed by atoms with van der Waals surface area (Å²) in [6, 6.07) is 4.99. The molecule has 0 bridgehead atoms. The van der Waals surface area contributed by atoms with E-state index in [1.807, 2.05) is 7.05 Å². The maximum atomic E-state index is 12.0. The molecule has 1 aromatic carbocycles. The van der Waals surface area contributed by atoms with Crippen LogP contribution in [0, 0.1) is 5.92 Å². The molecule has 16 heavy (non-hydrogen) atoms. The predicted octanol–water partition coefficient (Wildman–Crippen LogP) is 2.40. The van der Waals surface area contributed by atoms with Crippen molar-refractivity contribution in [1.29, 1.82) is 0 Å². The van der Waals surface area contributed by atoms with Crippen LogP contribution in [0.5, 0.6) is 0 Å². The van der Waals surface area contributed by atoms with E-state index >= 15 is 0 Å². The number of benzene rings is 1. The molecule has 1 saturated carbocycles. The third-order valence-corrected chi connectivity index (χ3v) is 3.11. The molecule has 0 saturated heterocycles. The number of anilines is 1. The molecule has 0 radical (unpaired) electrons. The minimum atomic E-state index is -0.0306. The van der Waals surface area contributed by atoms with Crippen molar-refractivity contribution < 1.29 is 4.79 Å². The van der Waals surface area contributed by atoms with Crippen molar-refractivity contribution in [2.24, 2.45) is 5.92 Å². The first-order valence-electron chi connectivity index (χ1n) is 5.38. The van der Waals surface area contributed by atoms with E-state index in [-0.39, 0.29) is 5.91 Å². The molecule has 0 aromatic heterocycles. The normalized spacial score (nSPS) is 14.9. The Bertz CT molecular complexity index is 415. The number of carbonyl (C=O) groups is 1. The Hall–Kier alpha value is -1.22. The molecule has 0 unspecified atom stereocenters. The third kappa shape index (κ3) is 2.47. The van der Waals surface area contributed by atoms with Crippen molar-refractivity contribution in [3.05, 3.63) is 28.8 Å². The molecule has 1 amide bonds. The predicted molar refractivity (Wildman–Crippen MR) is 65.5 cm³/mol. The summed E-state index contributed by atoms with van der Waals surface area (Å²) in [4.78, 5) is 13.8. The lowest BCUT2D eigenvalue weighted by Gasteiger charge is -2.17. The van der Waals surface area contributed by atoms with Crippen LogP contribution in [0.2, 0.25) is 5.02 Å². The van der Waals surface area contributed by atoms with E-state index in [1.165, 1.54) is 12.8 Å². The van der Waals surface area contributed by atoms with Crippen molar-refractivity contribution in [3.63, 3.8) is 0 Å². The molecule has 2 N–H and O–H groups in total. The van der Waals surface area contributed by atoms with Crippen molar-refractivity contribution in [3.8, 4) is 0 Å². The van der Waals surface area contributed by atoms with Crippen molar-refractivity contribution in [2.75, 3.05) is 19.3 Å². The highest BCUT2D eigenvalue weighted by Crippen LogP contribution is 2.30. The number of amides is 1. The number of carbonyl (C=O) groups excluding carboxylic acids is 1. The van der Waals surface area contributed by atoms with Crippen molar-refractivity contribution >= 4 is 23.2 Å². The average molecular weight is 239 g/mol. The van der Waals surface area contributed by atoms with Gasteiger partial charge < -0.3 is 10.6 Å². The summed E-state index contributed by atoms with van der Waals surface area (Å²) in [7, 11) is 1.81. The number of rotatable bonds is 3. The van der Waals surface area contributed by atoms with E-state index in [1.54, 1.807) is 23.1 Å². The van der Waals surface area contributed by atoms with Gasteiger partial charge in [-0.15, -0.1) is 0 Å². The van der Waals surface area contributed by atoms with E-state index in [2.05, 4.69) is 0 Å². The largest absolute Gasteiger partial charge is 0.399 e. The van der Waals surface area contributed by atoms with Crippen molar-refractivity contribution in [2.45, 2.75) is 12.8 Å². The highest BCUT2D eigenvalue weighted by molar-refractivity contribution is 6.34. The Morgan fingerprint density at radius 3 is 2.81 bits per heavy atom. The smallest absolute Gasteiger partial charge is 0.255 e. The lowest BCUT2D eigenvalue weighted by atomic mass is 10.2. The Morgan fingerprint density at radius 1 is 1.56 bits per heavy atom. The summed E-state index contributed by atoms with van der Waals surface area (Å²) < 4.78 is 0.